The van der Waals surface area contributed by atoms with Gasteiger partial charge in [-0.05, 0) is 30.2 Å². The summed E-state index contributed by atoms with van der Waals surface area (Å²) in [7, 11) is 3.70. The van der Waals surface area contributed by atoms with Crippen LogP contribution in [0.15, 0.2) is 41.8 Å². The zero-order chi connectivity index (χ0) is 19.5. The third-order valence-corrected chi connectivity index (χ3v) is 5.08. The summed E-state index contributed by atoms with van der Waals surface area (Å²) in [5.41, 5.74) is 3.06. The monoisotopic (exact) mass is 384 g/mol. The van der Waals surface area contributed by atoms with Crippen LogP contribution < -0.4 is 5.32 Å². The second-order valence-corrected chi connectivity index (χ2v) is 6.98. The number of H-pyrrole nitrogens is 1. The van der Waals surface area contributed by atoms with Gasteiger partial charge in [-0.1, -0.05) is 0 Å². The highest BCUT2D eigenvalue weighted by atomic mass is 19.1. The van der Waals surface area contributed by atoms with Crippen LogP contribution in [0.3, 0.4) is 0 Å². The van der Waals surface area contributed by atoms with Crippen LogP contribution in [-0.4, -0.2) is 58.9 Å². The summed E-state index contributed by atoms with van der Waals surface area (Å²) in [6.45, 7) is 2.92. The molecule has 4 rings (SSSR count). The molecule has 1 aliphatic rings. The zero-order valence-electron chi connectivity index (χ0n) is 16.2. The fourth-order valence-electron chi connectivity index (χ4n) is 3.66. The van der Waals surface area contributed by atoms with Crippen molar-refractivity contribution in [3.05, 3.63) is 53.7 Å². The van der Waals surface area contributed by atoms with Crippen LogP contribution >= 0.6 is 0 Å². The summed E-state index contributed by atoms with van der Waals surface area (Å²) < 4.78 is 21.0. The lowest BCUT2D eigenvalue weighted by atomic mass is 10.1. The smallest absolute Gasteiger partial charge is 0.193 e. The second kappa shape index (κ2) is 8.02. The number of nitrogens with one attached hydrogen (secondary N) is 2. The lowest BCUT2D eigenvalue weighted by Gasteiger charge is -2.34. The minimum Gasteiger partial charge on any atom is -0.370 e. The fourth-order valence-corrected chi connectivity index (χ4v) is 3.66. The number of hydrogen-bond acceptors (Lipinski definition) is 3. The molecule has 3 aromatic rings. The number of aryl methyl sites for hydroxylation is 1. The highest BCUT2D eigenvalue weighted by molar-refractivity contribution is 5.83. The lowest BCUT2D eigenvalue weighted by molar-refractivity contribution is -0.00800. The lowest BCUT2D eigenvalue weighted by Crippen LogP contribution is -2.48. The van der Waals surface area contributed by atoms with Crippen LogP contribution in [0.5, 0.6) is 0 Å². The molecule has 2 aromatic heterocycles. The maximum absolute atomic E-state index is 13.3. The van der Waals surface area contributed by atoms with Gasteiger partial charge in [0.05, 0.1) is 19.3 Å². The van der Waals surface area contributed by atoms with Gasteiger partial charge in [0, 0.05) is 56.0 Å². The van der Waals surface area contributed by atoms with Crippen molar-refractivity contribution in [3.8, 4) is 0 Å². The van der Waals surface area contributed by atoms with Gasteiger partial charge in [-0.15, -0.1) is 0 Å². The minimum atomic E-state index is -0.227. The second-order valence-electron chi connectivity index (χ2n) is 6.98. The highest BCUT2D eigenvalue weighted by Crippen LogP contribution is 2.22. The van der Waals surface area contributed by atoms with Crippen molar-refractivity contribution >= 4 is 16.9 Å². The molecule has 3 heterocycles. The molecule has 1 fully saturated rings. The van der Waals surface area contributed by atoms with E-state index >= 15 is 0 Å². The number of benzene rings is 1. The van der Waals surface area contributed by atoms with Crippen LogP contribution in [0.4, 0.5) is 4.39 Å². The van der Waals surface area contributed by atoms with E-state index < -0.39 is 0 Å². The molecule has 7 nitrogen and oxygen atoms in total. The first-order valence-electron chi connectivity index (χ1n) is 9.45. The van der Waals surface area contributed by atoms with Crippen molar-refractivity contribution in [2.75, 3.05) is 33.3 Å². The predicted molar refractivity (Wildman–Crippen MR) is 107 cm³/mol. The first kappa shape index (κ1) is 18.5. The molecule has 0 radical (unpaired) electrons. The van der Waals surface area contributed by atoms with Crippen molar-refractivity contribution in [3.63, 3.8) is 0 Å². The molecule has 0 bridgehead atoms. The highest BCUT2D eigenvalue weighted by Gasteiger charge is 2.25. The van der Waals surface area contributed by atoms with Crippen LogP contribution in [-0.2, 0) is 18.2 Å². The Labute approximate surface area is 163 Å². The van der Waals surface area contributed by atoms with Gasteiger partial charge >= 0.3 is 0 Å². The maximum atomic E-state index is 13.3. The average Bonchev–Trinajstić information content (AvgIpc) is 3.31. The van der Waals surface area contributed by atoms with Crippen LogP contribution in [0.25, 0.3) is 10.9 Å². The van der Waals surface area contributed by atoms with E-state index in [0.717, 1.165) is 54.0 Å². The molecule has 8 heteroatoms. The third-order valence-electron chi connectivity index (χ3n) is 5.08. The fraction of sp³-hybridized carbons (Fsp3) is 0.400. The van der Waals surface area contributed by atoms with E-state index in [0.29, 0.717) is 6.61 Å². The van der Waals surface area contributed by atoms with Crippen molar-refractivity contribution in [1.29, 1.82) is 0 Å². The van der Waals surface area contributed by atoms with E-state index in [1.165, 1.54) is 12.1 Å². The molecule has 0 saturated carbocycles. The molecule has 1 aromatic carbocycles. The van der Waals surface area contributed by atoms with Crippen molar-refractivity contribution in [2.45, 2.75) is 12.5 Å². The summed E-state index contributed by atoms with van der Waals surface area (Å²) in [6.07, 6.45) is 6.60. The number of fused-ring (bicyclic) bond motifs is 1. The van der Waals surface area contributed by atoms with Crippen molar-refractivity contribution in [1.82, 2.24) is 25.0 Å². The van der Waals surface area contributed by atoms with Gasteiger partial charge in [0.2, 0.25) is 0 Å². The number of aliphatic imine (C=N–C) groups is 1. The summed E-state index contributed by atoms with van der Waals surface area (Å²) >= 11 is 0. The quantitative estimate of drug-likeness (QED) is 0.535. The standard InChI is InChI=1S/C20H25FN6O/c1-22-20(27-7-8-28-19(13-27)15-11-25-26(2)12-15)23-6-5-14-10-24-18-9-16(21)3-4-17(14)18/h3-4,9-12,19,24H,5-8,13H2,1-2H3,(H,22,23). The largest absolute Gasteiger partial charge is 0.370 e. The number of hydrogen-bond donors (Lipinski definition) is 2. The van der Waals surface area contributed by atoms with E-state index in [1.807, 2.05) is 31.7 Å². The molecule has 1 aliphatic heterocycles. The number of nitrogens with zero attached hydrogens (tertiary/aromatic N) is 4. The molecule has 1 saturated heterocycles. The normalized spacial score (nSPS) is 18.0. The molecule has 1 atom stereocenters. The van der Waals surface area contributed by atoms with E-state index in [1.54, 1.807) is 11.7 Å². The Kier molecular flexibility index (Phi) is 5.29. The summed E-state index contributed by atoms with van der Waals surface area (Å²) in [5.74, 6) is 0.637. The third kappa shape index (κ3) is 3.87. The molecular formula is C20H25FN6O. The van der Waals surface area contributed by atoms with Gasteiger partial charge < -0.3 is 19.9 Å². The van der Waals surface area contributed by atoms with Gasteiger partial charge in [0.1, 0.15) is 11.9 Å². The Morgan fingerprint density at radius 3 is 3.14 bits per heavy atom. The van der Waals surface area contributed by atoms with Crippen LogP contribution in [0.2, 0.25) is 0 Å². The Balaban J connectivity index is 1.36. The van der Waals surface area contributed by atoms with E-state index in [-0.39, 0.29) is 11.9 Å². The first-order chi connectivity index (χ1) is 13.6. The van der Waals surface area contributed by atoms with E-state index in [9.17, 15) is 4.39 Å². The van der Waals surface area contributed by atoms with Gasteiger partial charge in [-0.25, -0.2) is 4.39 Å². The number of ether oxygens (including phenoxy) is 1. The molecule has 2 N–H and O–H groups in total. The van der Waals surface area contributed by atoms with E-state index in [2.05, 4.69) is 25.3 Å². The Bertz CT molecular complexity index is 978. The van der Waals surface area contributed by atoms with Crippen LogP contribution in [0, 0.1) is 5.82 Å². The summed E-state index contributed by atoms with van der Waals surface area (Å²) in [5, 5.41) is 8.74. The SMILES string of the molecule is CN=C(NCCc1c[nH]c2cc(F)ccc12)N1CCOC(c2cnn(C)c2)C1. The first-order valence-corrected chi connectivity index (χ1v) is 9.45. The minimum absolute atomic E-state index is 0.00971. The van der Waals surface area contributed by atoms with E-state index in [4.69, 9.17) is 4.74 Å². The van der Waals surface area contributed by atoms with Gasteiger partial charge in [-0.3, -0.25) is 9.67 Å². The average molecular weight is 384 g/mol. The number of aromatic nitrogens is 3. The molecule has 1 unspecified atom stereocenters. The molecular weight excluding hydrogens is 359 g/mol. The summed E-state index contributed by atoms with van der Waals surface area (Å²) in [4.78, 5) is 9.79. The Hall–Kier alpha value is -2.87. The molecule has 0 aliphatic carbocycles. The van der Waals surface area contributed by atoms with Gasteiger partial charge in [0.25, 0.3) is 0 Å². The number of rotatable bonds is 4. The van der Waals surface area contributed by atoms with Crippen molar-refractivity contribution in [2.24, 2.45) is 12.0 Å². The number of halogens is 1. The topological polar surface area (TPSA) is 70.5 Å². The number of guanidine groups is 1. The maximum Gasteiger partial charge on any atom is 0.193 e. The van der Waals surface area contributed by atoms with Gasteiger partial charge in [-0.2, -0.15) is 5.10 Å². The zero-order valence-corrected chi connectivity index (χ0v) is 16.2. The van der Waals surface area contributed by atoms with Crippen molar-refractivity contribution < 1.29 is 9.13 Å². The van der Waals surface area contributed by atoms with Crippen LogP contribution in [0.1, 0.15) is 17.2 Å². The van der Waals surface area contributed by atoms with Gasteiger partial charge in [0.15, 0.2) is 5.96 Å². The summed E-state index contributed by atoms with van der Waals surface area (Å²) in [6, 6.07) is 4.85. The molecule has 28 heavy (non-hydrogen) atoms. The molecule has 0 amide bonds. The number of morpholine rings is 1. The predicted octanol–water partition coefficient (Wildman–Crippen LogP) is 2.23. The Morgan fingerprint density at radius 2 is 2.36 bits per heavy atom. The number of aromatic amines is 1. The molecule has 0 spiro atoms. The Morgan fingerprint density at radius 1 is 1.46 bits per heavy atom. The molecule has 148 valence electrons.